The van der Waals surface area contributed by atoms with Gasteiger partial charge in [-0.05, 0) is 54.7 Å². The number of ether oxygens (including phenoxy) is 3. The van der Waals surface area contributed by atoms with Crippen LogP contribution < -0.4 is 30.2 Å². The highest BCUT2D eigenvalue weighted by atomic mass is 32.1. The van der Waals surface area contributed by atoms with Crippen molar-refractivity contribution in [2.75, 3.05) is 32.0 Å². The highest BCUT2D eigenvalue weighted by molar-refractivity contribution is 7.80. The van der Waals surface area contributed by atoms with Gasteiger partial charge in [0, 0.05) is 22.3 Å². The Kier molecular flexibility index (Phi) is 7.36. The van der Waals surface area contributed by atoms with E-state index in [1.807, 2.05) is 18.2 Å². The number of hydrogen-bond donors (Lipinski definition) is 3. The lowest BCUT2D eigenvalue weighted by molar-refractivity contribution is 0.0974. The third-order valence-corrected chi connectivity index (χ3v) is 5.39. The smallest absolute Gasteiger partial charge is 0.291 e. The second kappa shape index (κ2) is 10.8. The van der Waals surface area contributed by atoms with E-state index in [2.05, 4.69) is 16.0 Å². The van der Waals surface area contributed by atoms with Crippen LogP contribution in [0.5, 0.6) is 17.2 Å². The first-order chi connectivity index (χ1) is 17.4. The summed E-state index contributed by atoms with van der Waals surface area (Å²) in [5.41, 5.74) is 1.98. The van der Waals surface area contributed by atoms with Gasteiger partial charge < -0.3 is 29.3 Å². The highest BCUT2D eigenvalue weighted by Gasteiger charge is 2.18. The lowest BCUT2D eigenvalue weighted by Gasteiger charge is -2.15. The molecule has 4 rings (SSSR count). The number of fused-ring (bicyclic) bond motifs is 1. The first-order valence-corrected chi connectivity index (χ1v) is 11.1. The van der Waals surface area contributed by atoms with Crippen LogP contribution in [0.25, 0.3) is 11.0 Å². The zero-order valence-electron chi connectivity index (χ0n) is 19.7. The Balaban J connectivity index is 1.42. The fourth-order valence-electron chi connectivity index (χ4n) is 3.51. The molecule has 0 bridgehead atoms. The Hall–Kier alpha value is -4.57. The van der Waals surface area contributed by atoms with Gasteiger partial charge in [0.15, 0.2) is 22.4 Å². The van der Waals surface area contributed by atoms with Gasteiger partial charge in [-0.1, -0.05) is 24.3 Å². The molecule has 1 aromatic heterocycles. The predicted octanol–water partition coefficient (Wildman–Crippen LogP) is 4.84. The fourth-order valence-corrected chi connectivity index (χ4v) is 3.72. The Labute approximate surface area is 212 Å². The van der Waals surface area contributed by atoms with Gasteiger partial charge in [-0.15, -0.1) is 0 Å². The number of hydrogen-bond acceptors (Lipinski definition) is 7. The van der Waals surface area contributed by atoms with Crippen molar-refractivity contribution in [1.82, 2.24) is 5.32 Å². The molecule has 3 N–H and O–H groups in total. The summed E-state index contributed by atoms with van der Waals surface area (Å²) in [6.45, 7) is 0. The molecule has 0 saturated carbocycles. The monoisotopic (exact) mass is 505 g/mol. The maximum atomic E-state index is 12.8. The standard InChI is InChI=1S/C26H23N3O6S/c1-32-20-12-16(13-21(33-2)23(20)34-3)24(30)29-26(36)28-18-9-6-8-17(14-18)27-25(31)22-11-15-7-4-5-10-19(15)35-22/h4-14H,1-3H3,(H,27,31)(H2,28,29,30,36). The van der Waals surface area contributed by atoms with Crippen LogP contribution in [0.1, 0.15) is 20.9 Å². The molecule has 0 aliphatic carbocycles. The molecule has 0 unspecified atom stereocenters. The molecule has 0 saturated heterocycles. The molecular weight excluding hydrogens is 482 g/mol. The van der Waals surface area contributed by atoms with E-state index >= 15 is 0 Å². The second-order valence-corrected chi connectivity index (χ2v) is 7.91. The number of amides is 2. The number of rotatable bonds is 7. The third kappa shape index (κ3) is 5.39. The van der Waals surface area contributed by atoms with Crippen molar-refractivity contribution in [2.24, 2.45) is 0 Å². The largest absolute Gasteiger partial charge is 0.493 e. The number of furan rings is 1. The van der Waals surface area contributed by atoms with Crippen molar-refractivity contribution in [3.63, 3.8) is 0 Å². The van der Waals surface area contributed by atoms with E-state index in [9.17, 15) is 9.59 Å². The van der Waals surface area contributed by atoms with E-state index in [-0.39, 0.29) is 22.3 Å². The lowest BCUT2D eigenvalue weighted by atomic mass is 10.1. The molecule has 0 fully saturated rings. The first-order valence-electron chi connectivity index (χ1n) is 10.7. The van der Waals surface area contributed by atoms with Gasteiger partial charge in [0.2, 0.25) is 5.75 Å². The minimum Gasteiger partial charge on any atom is -0.493 e. The molecule has 3 aromatic carbocycles. The van der Waals surface area contributed by atoms with Crippen LogP contribution in [0.4, 0.5) is 11.4 Å². The lowest BCUT2D eigenvalue weighted by Crippen LogP contribution is -2.34. The zero-order chi connectivity index (χ0) is 25.7. The van der Waals surface area contributed by atoms with Crippen LogP contribution >= 0.6 is 12.2 Å². The SMILES string of the molecule is COc1cc(C(=O)NC(=S)Nc2cccc(NC(=O)c3cc4ccccc4o3)c2)cc(OC)c1OC. The van der Waals surface area contributed by atoms with Gasteiger partial charge in [-0.3, -0.25) is 14.9 Å². The van der Waals surface area contributed by atoms with Crippen molar-refractivity contribution in [3.8, 4) is 17.2 Å². The summed E-state index contributed by atoms with van der Waals surface area (Å²) >= 11 is 5.30. The van der Waals surface area contributed by atoms with Gasteiger partial charge in [0.05, 0.1) is 21.3 Å². The number of carbonyl (C=O) groups excluding carboxylic acids is 2. The van der Waals surface area contributed by atoms with E-state index in [4.69, 9.17) is 30.8 Å². The highest BCUT2D eigenvalue weighted by Crippen LogP contribution is 2.38. The molecule has 0 spiro atoms. The average molecular weight is 506 g/mol. The normalized spacial score (nSPS) is 10.4. The van der Waals surface area contributed by atoms with Crippen LogP contribution in [0.15, 0.2) is 71.1 Å². The van der Waals surface area contributed by atoms with Crippen LogP contribution in [0.3, 0.4) is 0 Å². The third-order valence-electron chi connectivity index (χ3n) is 5.18. The van der Waals surface area contributed by atoms with Gasteiger partial charge in [-0.2, -0.15) is 0 Å². The average Bonchev–Trinajstić information content (AvgIpc) is 3.32. The Morgan fingerprint density at radius 1 is 0.778 bits per heavy atom. The summed E-state index contributed by atoms with van der Waals surface area (Å²) in [6, 6.07) is 19.0. The molecule has 9 nitrogen and oxygen atoms in total. The molecule has 0 aliphatic rings. The van der Waals surface area contributed by atoms with Crippen molar-refractivity contribution >= 4 is 51.5 Å². The van der Waals surface area contributed by atoms with E-state index in [0.29, 0.717) is 34.2 Å². The number of carbonyl (C=O) groups is 2. The Morgan fingerprint density at radius 3 is 2.08 bits per heavy atom. The topological polar surface area (TPSA) is 111 Å². The minimum absolute atomic E-state index is 0.0644. The number of anilines is 2. The van der Waals surface area contributed by atoms with E-state index < -0.39 is 5.91 Å². The summed E-state index contributed by atoms with van der Waals surface area (Å²) in [6.07, 6.45) is 0. The van der Waals surface area contributed by atoms with Crippen LogP contribution in [0, 0.1) is 0 Å². The number of para-hydroxylation sites is 1. The van der Waals surface area contributed by atoms with Crippen LogP contribution in [0.2, 0.25) is 0 Å². The number of methoxy groups -OCH3 is 3. The van der Waals surface area contributed by atoms with Crippen molar-refractivity contribution in [3.05, 3.63) is 78.1 Å². The van der Waals surface area contributed by atoms with E-state index in [0.717, 1.165) is 5.39 Å². The van der Waals surface area contributed by atoms with Crippen LogP contribution in [-0.2, 0) is 0 Å². The summed E-state index contributed by atoms with van der Waals surface area (Å²) in [5, 5.41) is 9.24. The predicted molar refractivity (Wildman–Crippen MR) is 140 cm³/mol. The fraction of sp³-hybridized carbons (Fsp3) is 0.115. The van der Waals surface area contributed by atoms with Crippen molar-refractivity contribution in [1.29, 1.82) is 0 Å². The van der Waals surface area contributed by atoms with Crippen molar-refractivity contribution in [2.45, 2.75) is 0 Å². The van der Waals surface area contributed by atoms with E-state index in [1.165, 1.54) is 33.5 Å². The maximum Gasteiger partial charge on any atom is 0.291 e. The molecule has 36 heavy (non-hydrogen) atoms. The molecule has 2 amide bonds. The second-order valence-electron chi connectivity index (χ2n) is 7.51. The van der Waals surface area contributed by atoms with Gasteiger partial charge in [0.1, 0.15) is 5.58 Å². The number of nitrogens with one attached hydrogen (secondary N) is 3. The molecule has 4 aromatic rings. The molecular formula is C26H23N3O6S. The van der Waals surface area contributed by atoms with Gasteiger partial charge in [0.25, 0.3) is 11.8 Å². The molecule has 1 heterocycles. The number of benzene rings is 3. The van der Waals surface area contributed by atoms with E-state index in [1.54, 1.807) is 36.4 Å². The molecule has 184 valence electrons. The van der Waals surface area contributed by atoms with Gasteiger partial charge >= 0.3 is 0 Å². The van der Waals surface area contributed by atoms with Gasteiger partial charge in [-0.25, -0.2) is 0 Å². The molecule has 0 aliphatic heterocycles. The first kappa shape index (κ1) is 24.6. The van der Waals surface area contributed by atoms with Crippen molar-refractivity contribution < 1.29 is 28.2 Å². The Bertz CT molecular complexity index is 1390. The number of thiocarbonyl (C=S) groups is 1. The molecule has 0 atom stereocenters. The summed E-state index contributed by atoms with van der Waals surface area (Å²) in [4.78, 5) is 25.4. The quantitative estimate of drug-likeness (QED) is 0.306. The zero-order valence-corrected chi connectivity index (χ0v) is 20.5. The minimum atomic E-state index is -0.471. The van der Waals surface area contributed by atoms with Crippen LogP contribution in [-0.4, -0.2) is 38.3 Å². The maximum absolute atomic E-state index is 12.8. The Morgan fingerprint density at radius 2 is 1.44 bits per heavy atom. The molecule has 10 heteroatoms. The summed E-state index contributed by atoms with van der Waals surface area (Å²) in [5.74, 6) is 0.395. The summed E-state index contributed by atoms with van der Waals surface area (Å²) < 4.78 is 21.5. The summed E-state index contributed by atoms with van der Waals surface area (Å²) in [7, 11) is 4.41. The molecule has 0 radical (unpaired) electrons.